The van der Waals surface area contributed by atoms with Gasteiger partial charge in [-0.05, 0) is 72.8 Å². The van der Waals surface area contributed by atoms with Gasteiger partial charge in [-0.25, -0.2) is 20.4 Å². The van der Waals surface area contributed by atoms with Crippen LogP contribution in [0.15, 0.2) is 107 Å². The van der Waals surface area contributed by atoms with Gasteiger partial charge in [-0.3, -0.25) is 9.59 Å². The van der Waals surface area contributed by atoms with Gasteiger partial charge in [0.15, 0.2) is 0 Å². The molecule has 2 amide bonds. The van der Waals surface area contributed by atoms with Crippen LogP contribution < -0.4 is 29.8 Å². The minimum absolute atomic E-state index is 0.221. The Morgan fingerprint density at radius 2 is 0.956 bits per heavy atom. The molecule has 0 unspecified atom stereocenters. The van der Waals surface area contributed by atoms with Gasteiger partial charge in [0, 0.05) is 11.1 Å². The Bertz CT molecular complexity index is 1590. The van der Waals surface area contributed by atoms with Crippen molar-refractivity contribution >= 4 is 36.2 Å². The van der Waals surface area contributed by atoms with Gasteiger partial charge in [-0.15, -0.1) is 0 Å². The second-order valence-electron chi connectivity index (χ2n) is 9.07. The summed E-state index contributed by atoms with van der Waals surface area (Å²) in [5, 5.41) is 7.71. The van der Waals surface area contributed by atoms with Crippen LogP contribution in [0.4, 0.5) is 0 Å². The van der Waals surface area contributed by atoms with Crippen LogP contribution in [0, 0.1) is 0 Å². The van der Waals surface area contributed by atoms with Crippen LogP contribution in [0.2, 0.25) is 0 Å². The summed E-state index contributed by atoms with van der Waals surface area (Å²) in [5.41, 5.74) is 5.97. The summed E-state index contributed by atoms with van der Waals surface area (Å²) in [6.07, 6.45) is 2.00. The predicted molar refractivity (Wildman–Crippen MR) is 165 cm³/mol. The van der Waals surface area contributed by atoms with Gasteiger partial charge in [0.2, 0.25) is 11.8 Å². The van der Waals surface area contributed by atoms with Gasteiger partial charge in [0.1, 0.15) is 29.4 Å². The summed E-state index contributed by atoms with van der Waals surface area (Å²) < 4.78 is 21.1. The van der Waals surface area contributed by atoms with Crippen molar-refractivity contribution in [2.24, 2.45) is 10.2 Å². The highest BCUT2D eigenvalue weighted by Gasteiger charge is 2.13. The fourth-order valence-electron chi connectivity index (χ4n) is 3.70. The van der Waals surface area contributed by atoms with Crippen LogP contribution in [0.3, 0.4) is 0 Å². The average molecular weight is 609 g/mol. The molecule has 0 fully saturated rings. The summed E-state index contributed by atoms with van der Waals surface area (Å²) in [6.45, 7) is 0. The molecule has 12 heteroatoms. The third-order valence-corrected chi connectivity index (χ3v) is 6.00. The molecule has 4 rings (SSSR count). The van der Waals surface area contributed by atoms with E-state index in [0.717, 1.165) is 0 Å². The Balaban J connectivity index is 1.27. The number of amides is 2. The van der Waals surface area contributed by atoms with Crippen molar-refractivity contribution < 1.29 is 38.1 Å². The second-order valence-corrected chi connectivity index (χ2v) is 9.07. The molecular formula is C33H28N4O8. The summed E-state index contributed by atoms with van der Waals surface area (Å²) in [5.74, 6) is -0.942. The molecule has 0 atom stereocenters. The molecule has 0 aliphatic carbocycles. The van der Waals surface area contributed by atoms with E-state index in [4.69, 9.17) is 18.9 Å². The smallest absolute Gasteiger partial charge is 0.343 e. The van der Waals surface area contributed by atoms with Crippen LogP contribution in [-0.4, -0.2) is 50.4 Å². The number of hydrogen-bond donors (Lipinski definition) is 2. The lowest BCUT2D eigenvalue weighted by Gasteiger charge is -2.08. The lowest BCUT2D eigenvalue weighted by atomic mass is 10.2. The number of nitrogens with one attached hydrogen (secondary N) is 2. The third kappa shape index (κ3) is 9.35. The molecule has 0 radical (unpaired) electrons. The van der Waals surface area contributed by atoms with Crippen molar-refractivity contribution in [3.63, 3.8) is 0 Å². The highest BCUT2D eigenvalue weighted by atomic mass is 16.5. The van der Waals surface area contributed by atoms with Crippen molar-refractivity contribution in [2.45, 2.75) is 6.42 Å². The quantitative estimate of drug-likeness (QED) is 0.0800. The number of benzene rings is 4. The van der Waals surface area contributed by atoms with Gasteiger partial charge in [-0.2, -0.15) is 10.2 Å². The SMILES string of the molecule is COc1ccc(C(=O)Oc2ccccc2/C=N\NC(=O)CC(=O)N/N=C/c2ccccc2OC(=O)c2ccc(OC)cc2)cc1. The molecule has 0 spiro atoms. The number of carbonyl (C=O) groups excluding carboxylic acids is 4. The minimum Gasteiger partial charge on any atom is -0.497 e. The van der Waals surface area contributed by atoms with Crippen molar-refractivity contribution in [3.8, 4) is 23.0 Å². The van der Waals surface area contributed by atoms with E-state index >= 15 is 0 Å². The highest BCUT2D eigenvalue weighted by molar-refractivity contribution is 5.98. The first-order valence-corrected chi connectivity index (χ1v) is 13.4. The molecule has 0 aromatic heterocycles. The zero-order chi connectivity index (χ0) is 32.0. The van der Waals surface area contributed by atoms with E-state index in [1.54, 1.807) is 97.1 Å². The van der Waals surface area contributed by atoms with Crippen LogP contribution in [0.1, 0.15) is 38.3 Å². The Kier molecular flexibility index (Phi) is 11.1. The number of hydrazone groups is 2. The molecule has 4 aromatic carbocycles. The number of nitrogens with zero attached hydrogens (tertiary/aromatic N) is 2. The number of methoxy groups -OCH3 is 2. The Hall–Kier alpha value is -6.30. The van der Waals surface area contributed by atoms with E-state index in [0.29, 0.717) is 33.8 Å². The maximum Gasteiger partial charge on any atom is 0.343 e. The first-order chi connectivity index (χ1) is 21.9. The molecule has 0 bridgehead atoms. The molecule has 4 aromatic rings. The van der Waals surface area contributed by atoms with Crippen molar-refractivity contribution in [2.75, 3.05) is 14.2 Å². The Morgan fingerprint density at radius 1 is 0.578 bits per heavy atom. The van der Waals surface area contributed by atoms with E-state index in [1.807, 2.05) is 0 Å². The molecule has 12 nitrogen and oxygen atoms in total. The predicted octanol–water partition coefficient (Wildman–Crippen LogP) is 4.13. The first kappa shape index (κ1) is 31.6. The number of ether oxygens (including phenoxy) is 4. The van der Waals surface area contributed by atoms with Gasteiger partial charge in [0.25, 0.3) is 0 Å². The topological polar surface area (TPSA) is 154 Å². The number of carbonyl (C=O) groups is 4. The first-order valence-electron chi connectivity index (χ1n) is 13.4. The molecule has 0 saturated heterocycles. The van der Waals surface area contributed by atoms with E-state index in [2.05, 4.69) is 21.1 Å². The lowest BCUT2D eigenvalue weighted by molar-refractivity contribution is -0.129. The zero-order valence-corrected chi connectivity index (χ0v) is 24.3. The Labute approximate surface area is 258 Å². The molecule has 2 N–H and O–H groups in total. The van der Waals surface area contributed by atoms with Crippen molar-refractivity contribution in [1.82, 2.24) is 10.9 Å². The molecule has 0 heterocycles. The fraction of sp³-hybridized carbons (Fsp3) is 0.0909. The number of hydrogen-bond acceptors (Lipinski definition) is 10. The second kappa shape index (κ2) is 15.8. The monoisotopic (exact) mass is 608 g/mol. The molecule has 228 valence electrons. The third-order valence-electron chi connectivity index (χ3n) is 6.00. The van der Waals surface area contributed by atoms with Crippen LogP contribution in [-0.2, 0) is 9.59 Å². The van der Waals surface area contributed by atoms with E-state index in [9.17, 15) is 19.2 Å². The number of esters is 2. The Morgan fingerprint density at radius 3 is 1.33 bits per heavy atom. The molecule has 45 heavy (non-hydrogen) atoms. The number of para-hydroxylation sites is 2. The number of rotatable bonds is 12. The zero-order valence-electron chi connectivity index (χ0n) is 24.3. The van der Waals surface area contributed by atoms with E-state index in [1.165, 1.54) is 26.6 Å². The van der Waals surface area contributed by atoms with Crippen LogP contribution >= 0.6 is 0 Å². The molecular weight excluding hydrogens is 580 g/mol. The molecule has 0 aliphatic rings. The summed E-state index contributed by atoms with van der Waals surface area (Å²) in [4.78, 5) is 49.5. The maximum absolute atomic E-state index is 12.5. The summed E-state index contributed by atoms with van der Waals surface area (Å²) >= 11 is 0. The van der Waals surface area contributed by atoms with Gasteiger partial charge < -0.3 is 18.9 Å². The van der Waals surface area contributed by atoms with Crippen molar-refractivity contribution in [1.29, 1.82) is 0 Å². The fourth-order valence-corrected chi connectivity index (χ4v) is 3.70. The lowest BCUT2D eigenvalue weighted by Crippen LogP contribution is -2.27. The van der Waals surface area contributed by atoms with Crippen LogP contribution in [0.5, 0.6) is 23.0 Å². The van der Waals surface area contributed by atoms with Crippen LogP contribution in [0.25, 0.3) is 0 Å². The summed E-state index contributed by atoms with van der Waals surface area (Å²) in [7, 11) is 3.05. The van der Waals surface area contributed by atoms with Gasteiger partial charge >= 0.3 is 11.9 Å². The van der Waals surface area contributed by atoms with E-state index < -0.39 is 30.2 Å². The van der Waals surface area contributed by atoms with Crippen molar-refractivity contribution in [3.05, 3.63) is 119 Å². The van der Waals surface area contributed by atoms with E-state index in [-0.39, 0.29) is 11.5 Å². The molecule has 0 aliphatic heterocycles. The minimum atomic E-state index is -0.708. The van der Waals surface area contributed by atoms with Gasteiger partial charge in [0.05, 0.1) is 37.8 Å². The maximum atomic E-state index is 12.5. The largest absolute Gasteiger partial charge is 0.497 e. The standard InChI is InChI=1S/C33H28N4O8/c1-42-26-15-11-22(12-16-26)32(40)44-28-9-5-3-7-24(28)20-34-36-30(38)19-31(39)37-35-21-25-8-4-6-10-29(25)45-33(41)23-13-17-27(43-2)18-14-23/h3-18,20-21H,19H2,1-2H3,(H,36,38)(H,37,39)/b34-20-,35-21+. The summed E-state index contributed by atoms with van der Waals surface area (Å²) in [6, 6.07) is 26.1. The highest BCUT2D eigenvalue weighted by Crippen LogP contribution is 2.20. The normalized spacial score (nSPS) is 10.7. The average Bonchev–Trinajstić information content (AvgIpc) is 3.06. The van der Waals surface area contributed by atoms with Gasteiger partial charge in [-0.1, -0.05) is 24.3 Å². The molecule has 0 saturated carbocycles.